The zero-order chi connectivity index (χ0) is 15.0. The van der Waals surface area contributed by atoms with Gasteiger partial charge in [-0.25, -0.2) is 0 Å². The molecule has 1 aromatic carbocycles. The van der Waals surface area contributed by atoms with E-state index in [9.17, 15) is 4.79 Å². The molecule has 0 saturated carbocycles. The molecule has 2 rings (SSSR count). The van der Waals surface area contributed by atoms with Crippen molar-refractivity contribution in [3.05, 3.63) is 30.3 Å². The maximum absolute atomic E-state index is 12.5. The Balaban J connectivity index is 0.00000242. The summed E-state index contributed by atoms with van der Waals surface area (Å²) in [6, 6.07) is 10.3. The topological polar surface area (TPSA) is 50.4 Å². The first-order valence-corrected chi connectivity index (χ1v) is 8.41. The molecule has 1 saturated heterocycles. The van der Waals surface area contributed by atoms with E-state index in [4.69, 9.17) is 4.74 Å². The van der Waals surface area contributed by atoms with Gasteiger partial charge in [0.15, 0.2) is 0 Å². The molecule has 2 N–H and O–H groups in total. The number of hydrogen-bond donors (Lipinski definition) is 2. The van der Waals surface area contributed by atoms with Crippen molar-refractivity contribution in [2.45, 2.75) is 17.7 Å². The van der Waals surface area contributed by atoms with Gasteiger partial charge >= 0.3 is 0 Å². The van der Waals surface area contributed by atoms with Crippen molar-refractivity contribution in [2.75, 3.05) is 39.1 Å². The van der Waals surface area contributed by atoms with Crippen LogP contribution in [0.4, 0.5) is 0 Å². The second-order valence-electron chi connectivity index (χ2n) is 5.38. The van der Waals surface area contributed by atoms with Gasteiger partial charge in [-0.05, 0) is 38.1 Å². The quantitative estimate of drug-likeness (QED) is 0.589. The van der Waals surface area contributed by atoms with E-state index in [1.165, 1.54) is 4.90 Å². The molecule has 4 nitrogen and oxygen atoms in total. The van der Waals surface area contributed by atoms with Crippen LogP contribution in [0, 0.1) is 5.41 Å². The predicted molar refractivity (Wildman–Crippen MR) is 93.8 cm³/mol. The van der Waals surface area contributed by atoms with Crippen molar-refractivity contribution >= 4 is 30.1 Å². The number of thioether (sulfide) groups is 1. The largest absolute Gasteiger partial charge is 0.384 e. The molecule has 0 aliphatic carbocycles. The number of halogens is 1. The maximum Gasteiger partial charge on any atom is 0.228 e. The minimum absolute atomic E-state index is 0. The fourth-order valence-electron chi connectivity index (χ4n) is 2.66. The van der Waals surface area contributed by atoms with Gasteiger partial charge in [0.05, 0.1) is 12.0 Å². The monoisotopic (exact) mass is 344 g/mol. The van der Waals surface area contributed by atoms with Crippen molar-refractivity contribution in [1.29, 1.82) is 0 Å². The van der Waals surface area contributed by atoms with E-state index in [0.717, 1.165) is 31.7 Å². The van der Waals surface area contributed by atoms with E-state index in [2.05, 4.69) is 22.8 Å². The molecular formula is C16H25ClN2O2S. The summed E-state index contributed by atoms with van der Waals surface area (Å²) in [6.07, 6.45) is 1.69. The summed E-state index contributed by atoms with van der Waals surface area (Å²) in [5, 5.41) is 6.38. The van der Waals surface area contributed by atoms with Crippen LogP contribution in [0.15, 0.2) is 35.2 Å². The number of amides is 1. The van der Waals surface area contributed by atoms with Crippen LogP contribution in [0.25, 0.3) is 0 Å². The predicted octanol–water partition coefficient (Wildman–Crippen LogP) is 2.33. The Kier molecular flexibility index (Phi) is 8.86. The second-order valence-corrected chi connectivity index (χ2v) is 6.55. The van der Waals surface area contributed by atoms with Crippen molar-refractivity contribution in [3.63, 3.8) is 0 Å². The first-order chi connectivity index (χ1) is 10.3. The number of ether oxygens (including phenoxy) is 1. The second kappa shape index (κ2) is 10.1. The normalized spacial score (nSPS) is 16.6. The Morgan fingerprint density at radius 2 is 2.00 bits per heavy atom. The molecule has 0 bridgehead atoms. The van der Waals surface area contributed by atoms with Crippen LogP contribution in [0.1, 0.15) is 12.8 Å². The highest BCUT2D eigenvalue weighted by Crippen LogP contribution is 2.29. The first kappa shape index (κ1) is 19.3. The van der Waals surface area contributed by atoms with E-state index in [-0.39, 0.29) is 23.7 Å². The summed E-state index contributed by atoms with van der Waals surface area (Å²) in [6.45, 7) is 2.97. The van der Waals surface area contributed by atoms with Crippen LogP contribution in [0.2, 0.25) is 0 Å². The molecule has 1 heterocycles. The fraction of sp³-hybridized carbons (Fsp3) is 0.562. The number of rotatable bonds is 7. The van der Waals surface area contributed by atoms with Crippen LogP contribution in [0.3, 0.4) is 0 Å². The number of piperidine rings is 1. The zero-order valence-corrected chi connectivity index (χ0v) is 14.6. The third-order valence-electron chi connectivity index (χ3n) is 3.86. The summed E-state index contributed by atoms with van der Waals surface area (Å²) >= 11 is 1.76. The van der Waals surface area contributed by atoms with Crippen LogP contribution in [-0.4, -0.2) is 45.0 Å². The van der Waals surface area contributed by atoms with Crippen molar-refractivity contribution in [1.82, 2.24) is 10.6 Å². The highest BCUT2D eigenvalue weighted by Gasteiger charge is 2.39. The molecule has 1 aliphatic heterocycles. The molecule has 0 spiro atoms. The molecule has 1 fully saturated rings. The lowest BCUT2D eigenvalue weighted by Crippen LogP contribution is -2.50. The number of carbonyl (C=O) groups is 1. The van der Waals surface area contributed by atoms with Crippen LogP contribution >= 0.6 is 24.2 Å². The molecule has 1 amide bonds. The molecule has 1 aromatic rings. The summed E-state index contributed by atoms with van der Waals surface area (Å²) in [5.74, 6) is 1.02. The van der Waals surface area contributed by atoms with Gasteiger partial charge in [-0.3, -0.25) is 4.79 Å². The molecule has 0 atom stereocenters. The Morgan fingerprint density at radius 3 is 2.64 bits per heavy atom. The third kappa shape index (κ3) is 5.47. The summed E-state index contributed by atoms with van der Waals surface area (Å²) in [7, 11) is 1.67. The molecule has 22 heavy (non-hydrogen) atoms. The number of nitrogens with one attached hydrogen (secondary N) is 2. The van der Waals surface area contributed by atoms with E-state index in [1.54, 1.807) is 18.9 Å². The zero-order valence-electron chi connectivity index (χ0n) is 13.0. The Bertz CT molecular complexity index is 434. The van der Waals surface area contributed by atoms with Gasteiger partial charge in [-0.2, -0.15) is 0 Å². The lowest BCUT2D eigenvalue weighted by molar-refractivity contribution is -0.136. The standard InChI is InChI=1S/C16H24N2O2S.ClH/c1-20-13-16(7-9-17-10-8-16)15(19)18-11-12-21-14-5-3-2-4-6-14;/h2-6,17H,7-13H2,1H3,(H,18,19);1H. The van der Waals surface area contributed by atoms with Gasteiger partial charge in [0.2, 0.25) is 5.91 Å². The van der Waals surface area contributed by atoms with Gasteiger partial charge in [-0.1, -0.05) is 18.2 Å². The molecule has 0 unspecified atom stereocenters. The lowest BCUT2D eigenvalue weighted by atomic mass is 9.78. The summed E-state index contributed by atoms with van der Waals surface area (Å²) in [5.41, 5.74) is -0.350. The van der Waals surface area contributed by atoms with Crippen LogP contribution < -0.4 is 10.6 Å². The third-order valence-corrected chi connectivity index (χ3v) is 4.88. The molecule has 124 valence electrons. The molecule has 1 aliphatic rings. The number of benzene rings is 1. The number of methoxy groups -OCH3 is 1. The average Bonchev–Trinajstić information content (AvgIpc) is 2.53. The lowest BCUT2D eigenvalue weighted by Gasteiger charge is -2.35. The fourth-order valence-corrected chi connectivity index (χ4v) is 3.45. The van der Waals surface area contributed by atoms with Gasteiger partial charge < -0.3 is 15.4 Å². The van der Waals surface area contributed by atoms with Gasteiger partial charge in [0.1, 0.15) is 0 Å². The highest BCUT2D eigenvalue weighted by molar-refractivity contribution is 7.99. The Hall–Kier alpha value is -0.750. The van der Waals surface area contributed by atoms with Gasteiger partial charge in [-0.15, -0.1) is 24.2 Å². The van der Waals surface area contributed by atoms with E-state index in [1.807, 2.05) is 18.2 Å². The molecular weight excluding hydrogens is 320 g/mol. The number of carbonyl (C=O) groups excluding carboxylic acids is 1. The van der Waals surface area contributed by atoms with Crippen molar-refractivity contribution in [3.8, 4) is 0 Å². The molecule has 0 radical (unpaired) electrons. The minimum Gasteiger partial charge on any atom is -0.384 e. The Labute approximate surface area is 143 Å². The minimum atomic E-state index is -0.350. The average molecular weight is 345 g/mol. The van der Waals surface area contributed by atoms with Crippen molar-refractivity contribution < 1.29 is 9.53 Å². The van der Waals surface area contributed by atoms with Gasteiger partial charge in [0.25, 0.3) is 0 Å². The van der Waals surface area contributed by atoms with E-state index < -0.39 is 0 Å². The van der Waals surface area contributed by atoms with Crippen molar-refractivity contribution in [2.24, 2.45) is 5.41 Å². The van der Waals surface area contributed by atoms with Crippen LogP contribution in [-0.2, 0) is 9.53 Å². The van der Waals surface area contributed by atoms with Crippen LogP contribution in [0.5, 0.6) is 0 Å². The SMILES string of the molecule is COCC1(C(=O)NCCSc2ccccc2)CCNCC1.Cl. The van der Waals surface area contributed by atoms with E-state index >= 15 is 0 Å². The number of hydrogen-bond acceptors (Lipinski definition) is 4. The summed E-state index contributed by atoms with van der Waals surface area (Å²) in [4.78, 5) is 13.7. The van der Waals surface area contributed by atoms with Gasteiger partial charge in [0, 0.05) is 24.3 Å². The maximum atomic E-state index is 12.5. The molecule has 0 aromatic heterocycles. The first-order valence-electron chi connectivity index (χ1n) is 7.43. The molecule has 6 heteroatoms. The summed E-state index contributed by atoms with van der Waals surface area (Å²) < 4.78 is 5.29. The van der Waals surface area contributed by atoms with E-state index in [0.29, 0.717) is 13.2 Å². The smallest absolute Gasteiger partial charge is 0.228 e. The Morgan fingerprint density at radius 1 is 1.32 bits per heavy atom. The highest BCUT2D eigenvalue weighted by atomic mass is 35.5.